The lowest BCUT2D eigenvalue weighted by Crippen LogP contribution is -1.98. The van der Waals surface area contributed by atoms with Gasteiger partial charge in [0.2, 0.25) is 0 Å². The summed E-state index contributed by atoms with van der Waals surface area (Å²) in [6.45, 7) is 3.50. The topological polar surface area (TPSA) is 74.7 Å². The van der Waals surface area contributed by atoms with Crippen molar-refractivity contribution in [1.82, 2.24) is 4.98 Å². The summed E-state index contributed by atoms with van der Waals surface area (Å²) in [5, 5.41) is 11.4. The zero-order chi connectivity index (χ0) is 10.4. The quantitative estimate of drug-likeness (QED) is 0.699. The Hall–Kier alpha value is -2.28. The summed E-state index contributed by atoms with van der Waals surface area (Å²) in [4.78, 5) is 3.99. The van der Waals surface area contributed by atoms with Crippen molar-refractivity contribution in [3.05, 3.63) is 48.4 Å². The molecule has 1 aromatic heterocycles. The van der Waals surface area contributed by atoms with Crippen molar-refractivity contribution in [1.29, 1.82) is 5.26 Å². The molecule has 0 aliphatic rings. The van der Waals surface area contributed by atoms with Gasteiger partial charge in [-0.1, -0.05) is 6.58 Å². The van der Waals surface area contributed by atoms with Crippen molar-refractivity contribution in [3.8, 4) is 6.07 Å². The van der Waals surface area contributed by atoms with Crippen LogP contribution in [0.4, 0.5) is 5.82 Å². The van der Waals surface area contributed by atoms with Gasteiger partial charge in [-0.25, -0.2) is 4.98 Å². The Kier molecular flexibility index (Phi) is 3.27. The van der Waals surface area contributed by atoms with E-state index in [0.717, 1.165) is 0 Å². The van der Waals surface area contributed by atoms with Crippen molar-refractivity contribution in [2.75, 3.05) is 5.32 Å². The Balaban J connectivity index is 2.70. The number of nitrogens with zero attached hydrogens (tertiary/aromatic N) is 2. The second-order valence-electron chi connectivity index (χ2n) is 2.54. The van der Waals surface area contributed by atoms with Gasteiger partial charge in [-0.2, -0.15) is 5.26 Å². The normalized spacial score (nSPS) is 10.4. The molecule has 0 amide bonds. The number of pyridine rings is 1. The molecule has 1 rings (SSSR count). The van der Waals surface area contributed by atoms with E-state index in [1.807, 2.05) is 6.07 Å². The monoisotopic (exact) mass is 186 g/mol. The predicted molar refractivity (Wildman–Crippen MR) is 55.0 cm³/mol. The van der Waals surface area contributed by atoms with Gasteiger partial charge in [0.1, 0.15) is 11.9 Å². The van der Waals surface area contributed by atoms with E-state index in [0.29, 0.717) is 17.1 Å². The molecule has 1 heterocycles. The minimum Gasteiger partial charge on any atom is -0.398 e. The van der Waals surface area contributed by atoms with Crippen LogP contribution in [0.3, 0.4) is 0 Å². The van der Waals surface area contributed by atoms with Gasteiger partial charge in [0.15, 0.2) is 0 Å². The molecule has 0 saturated carbocycles. The lowest BCUT2D eigenvalue weighted by atomic mass is 10.3. The minimum atomic E-state index is 0.524. The molecule has 1 aromatic rings. The van der Waals surface area contributed by atoms with Crippen LogP contribution >= 0.6 is 0 Å². The maximum Gasteiger partial charge on any atom is 0.129 e. The fourth-order valence-corrected chi connectivity index (χ4v) is 0.762. The molecule has 0 aliphatic heterocycles. The molecule has 0 spiro atoms. The van der Waals surface area contributed by atoms with Gasteiger partial charge in [-0.3, -0.25) is 0 Å². The summed E-state index contributed by atoms with van der Waals surface area (Å²) in [5.74, 6) is 0.633. The Labute approximate surface area is 82.4 Å². The molecule has 0 bridgehead atoms. The summed E-state index contributed by atoms with van der Waals surface area (Å²) in [6.07, 6.45) is 4.60. The van der Waals surface area contributed by atoms with E-state index in [2.05, 4.69) is 16.9 Å². The second kappa shape index (κ2) is 4.67. The molecule has 70 valence electrons. The number of allylic oxidation sites excluding steroid dienone is 1. The van der Waals surface area contributed by atoms with Crippen molar-refractivity contribution >= 4 is 5.82 Å². The summed E-state index contributed by atoms with van der Waals surface area (Å²) in [6, 6.07) is 5.36. The number of rotatable bonds is 3. The fourth-order valence-electron chi connectivity index (χ4n) is 0.762. The van der Waals surface area contributed by atoms with Crippen molar-refractivity contribution < 1.29 is 0 Å². The van der Waals surface area contributed by atoms with Crippen LogP contribution < -0.4 is 11.1 Å². The number of nitriles is 1. The van der Waals surface area contributed by atoms with Crippen LogP contribution in [0.15, 0.2) is 42.9 Å². The van der Waals surface area contributed by atoms with Gasteiger partial charge in [-0.05, 0) is 18.2 Å². The minimum absolute atomic E-state index is 0.524. The van der Waals surface area contributed by atoms with E-state index in [-0.39, 0.29) is 0 Å². The van der Waals surface area contributed by atoms with Crippen molar-refractivity contribution in [2.24, 2.45) is 5.73 Å². The molecule has 0 aromatic carbocycles. The standard InChI is InChI=1S/C10H10N4/c1-2-9(12)7-14-10-4-3-8(5-11)6-13-10/h2-4,6-7H,1,12H2,(H,13,14)/b9-7-. The highest BCUT2D eigenvalue weighted by molar-refractivity contribution is 5.42. The maximum absolute atomic E-state index is 8.53. The summed E-state index contributed by atoms with van der Waals surface area (Å²) >= 11 is 0. The van der Waals surface area contributed by atoms with Gasteiger partial charge >= 0.3 is 0 Å². The first-order valence-corrected chi connectivity index (χ1v) is 3.97. The van der Waals surface area contributed by atoms with Gasteiger partial charge in [0, 0.05) is 18.1 Å². The molecule has 14 heavy (non-hydrogen) atoms. The fraction of sp³-hybridized carbons (Fsp3) is 0. The first-order chi connectivity index (χ1) is 6.76. The average Bonchev–Trinajstić information content (AvgIpc) is 2.26. The molecule has 4 nitrogen and oxygen atoms in total. The first kappa shape index (κ1) is 9.81. The molecule has 0 fully saturated rings. The van der Waals surface area contributed by atoms with Crippen molar-refractivity contribution in [2.45, 2.75) is 0 Å². The van der Waals surface area contributed by atoms with Crippen LogP contribution in [-0.2, 0) is 0 Å². The number of nitrogens with two attached hydrogens (primary N) is 1. The smallest absolute Gasteiger partial charge is 0.129 e. The summed E-state index contributed by atoms with van der Waals surface area (Å²) in [5.41, 5.74) is 6.53. The number of aromatic nitrogens is 1. The molecule has 3 N–H and O–H groups in total. The van der Waals surface area contributed by atoms with E-state index >= 15 is 0 Å². The molecule has 0 radical (unpaired) electrons. The van der Waals surface area contributed by atoms with Gasteiger partial charge < -0.3 is 11.1 Å². The zero-order valence-corrected chi connectivity index (χ0v) is 7.57. The molecular formula is C10H10N4. The van der Waals surface area contributed by atoms with Crippen LogP contribution in [0.25, 0.3) is 0 Å². The number of anilines is 1. The third kappa shape index (κ3) is 2.64. The van der Waals surface area contributed by atoms with Crippen LogP contribution in [0.5, 0.6) is 0 Å². The van der Waals surface area contributed by atoms with Gasteiger partial charge in [0.25, 0.3) is 0 Å². The lowest BCUT2D eigenvalue weighted by molar-refractivity contribution is 1.27. The first-order valence-electron chi connectivity index (χ1n) is 3.97. The average molecular weight is 186 g/mol. The highest BCUT2D eigenvalue weighted by Gasteiger charge is 1.91. The summed E-state index contributed by atoms with van der Waals surface area (Å²) < 4.78 is 0. The number of nitrogens with one attached hydrogen (secondary N) is 1. The van der Waals surface area contributed by atoms with E-state index in [1.165, 1.54) is 12.3 Å². The second-order valence-corrected chi connectivity index (χ2v) is 2.54. The van der Waals surface area contributed by atoms with E-state index in [1.54, 1.807) is 18.3 Å². The van der Waals surface area contributed by atoms with E-state index in [4.69, 9.17) is 11.0 Å². The van der Waals surface area contributed by atoms with E-state index in [9.17, 15) is 0 Å². The summed E-state index contributed by atoms with van der Waals surface area (Å²) in [7, 11) is 0. The molecule has 0 unspecified atom stereocenters. The van der Waals surface area contributed by atoms with Crippen LogP contribution in [0.2, 0.25) is 0 Å². The van der Waals surface area contributed by atoms with Crippen LogP contribution in [0, 0.1) is 11.3 Å². The zero-order valence-electron chi connectivity index (χ0n) is 7.57. The van der Waals surface area contributed by atoms with Crippen LogP contribution in [-0.4, -0.2) is 4.98 Å². The largest absolute Gasteiger partial charge is 0.398 e. The maximum atomic E-state index is 8.53. The number of hydrogen-bond acceptors (Lipinski definition) is 4. The van der Waals surface area contributed by atoms with Crippen molar-refractivity contribution in [3.63, 3.8) is 0 Å². The van der Waals surface area contributed by atoms with Gasteiger partial charge in [-0.15, -0.1) is 0 Å². The third-order valence-electron chi connectivity index (χ3n) is 1.52. The SMILES string of the molecule is C=C/C(N)=C/Nc1ccc(C#N)cn1. The Morgan fingerprint density at radius 3 is 2.93 bits per heavy atom. The Morgan fingerprint density at radius 1 is 1.64 bits per heavy atom. The highest BCUT2D eigenvalue weighted by Crippen LogP contribution is 2.03. The Morgan fingerprint density at radius 2 is 2.43 bits per heavy atom. The molecule has 4 heteroatoms. The van der Waals surface area contributed by atoms with E-state index < -0.39 is 0 Å². The van der Waals surface area contributed by atoms with Crippen LogP contribution in [0.1, 0.15) is 5.56 Å². The highest BCUT2D eigenvalue weighted by atomic mass is 15.0. The molecule has 0 aliphatic carbocycles. The third-order valence-corrected chi connectivity index (χ3v) is 1.52. The molecule has 0 atom stereocenters. The predicted octanol–water partition coefficient (Wildman–Crippen LogP) is 1.35. The lowest BCUT2D eigenvalue weighted by Gasteiger charge is -1.99. The number of hydrogen-bond donors (Lipinski definition) is 2. The van der Waals surface area contributed by atoms with Gasteiger partial charge in [0.05, 0.1) is 5.56 Å². The Bertz CT molecular complexity index is 384. The molecular weight excluding hydrogens is 176 g/mol. The molecule has 0 saturated heterocycles.